The largest absolute Gasteiger partial charge is 0.448 e. The van der Waals surface area contributed by atoms with Crippen LogP contribution in [0.25, 0.3) is 4.96 Å². The van der Waals surface area contributed by atoms with E-state index in [1.54, 1.807) is 35.8 Å². The highest BCUT2D eigenvalue weighted by Crippen LogP contribution is 2.22. The number of rotatable bonds is 4. The molecular weight excluding hydrogens is 338 g/mol. The number of ether oxygens (including phenoxy) is 1. The SMILES string of the molecule is CC(OC(=O)c1c(Cl)nc2sccn12)C(=O)Nc1ccccc1. The number of hydrogen-bond acceptors (Lipinski definition) is 5. The van der Waals surface area contributed by atoms with Crippen LogP contribution in [0.5, 0.6) is 0 Å². The smallest absolute Gasteiger partial charge is 0.359 e. The molecule has 8 heteroatoms. The second-order valence-electron chi connectivity index (χ2n) is 4.71. The Hall–Kier alpha value is -2.38. The van der Waals surface area contributed by atoms with Crippen molar-refractivity contribution in [1.29, 1.82) is 0 Å². The van der Waals surface area contributed by atoms with Crippen LogP contribution in [0.15, 0.2) is 41.9 Å². The van der Waals surface area contributed by atoms with Crippen molar-refractivity contribution in [1.82, 2.24) is 9.38 Å². The van der Waals surface area contributed by atoms with Crippen LogP contribution in [-0.2, 0) is 9.53 Å². The molecule has 118 valence electrons. The van der Waals surface area contributed by atoms with Gasteiger partial charge in [-0.1, -0.05) is 29.8 Å². The summed E-state index contributed by atoms with van der Waals surface area (Å²) in [5.41, 5.74) is 0.741. The summed E-state index contributed by atoms with van der Waals surface area (Å²) in [5.74, 6) is -1.12. The fourth-order valence-electron chi connectivity index (χ4n) is 1.98. The molecule has 0 saturated heterocycles. The highest BCUT2D eigenvalue weighted by molar-refractivity contribution is 7.15. The minimum atomic E-state index is -0.969. The molecule has 0 fully saturated rings. The fraction of sp³-hybridized carbons (Fsp3) is 0.133. The number of anilines is 1. The first-order chi connectivity index (χ1) is 11.1. The molecule has 1 N–H and O–H groups in total. The van der Waals surface area contributed by atoms with Gasteiger partial charge in [-0.05, 0) is 19.1 Å². The van der Waals surface area contributed by atoms with Crippen LogP contribution in [0.2, 0.25) is 5.15 Å². The van der Waals surface area contributed by atoms with Gasteiger partial charge in [0.05, 0.1) is 0 Å². The number of carbonyl (C=O) groups is 2. The summed E-state index contributed by atoms with van der Waals surface area (Å²) in [6.45, 7) is 1.50. The van der Waals surface area contributed by atoms with Gasteiger partial charge in [-0.3, -0.25) is 9.20 Å². The summed E-state index contributed by atoms with van der Waals surface area (Å²) in [6, 6.07) is 8.93. The summed E-state index contributed by atoms with van der Waals surface area (Å²) >= 11 is 7.32. The van der Waals surface area contributed by atoms with Crippen molar-refractivity contribution in [2.75, 3.05) is 5.32 Å². The van der Waals surface area contributed by atoms with Gasteiger partial charge in [-0.2, -0.15) is 0 Å². The van der Waals surface area contributed by atoms with Crippen molar-refractivity contribution in [3.05, 3.63) is 52.8 Å². The van der Waals surface area contributed by atoms with Gasteiger partial charge in [-0.15, -0.1) is 11.3 Å². The first kappa shape index (κ1) is 15.5. The number of halogens is 1. The van der Waals surface area contributed by atoms with E-state index >= 15 is 0 Å². The number of amides is 1. The van der Waals surface area contributed by atoms with E-state index in [9.17, 15) is 9.59 Å². The zero-order valence-corrected chi connectivity index (χ0v) is 13.6. The molecule has 1 atom stereocenters. The second kappa shape index (κ2) is 6.39. The van der Waals surface area contributed by atoms with Gasteiger partial charge in [0, 0.05) is 17.3 Å². The van der Waals surface area contributed by atoms with E-state index in [0.29, 0.717) is 10.6 Å². The van der Waals surface area contributed by atoms with E-state index in [1.807, 2.05) is 6.07 Å². The van der Waals surface area contributed by atoms with Crippen molar-refractivity contribution in [2.24, 2.45) is 0 Å². The Morgan fingerprint density at radius 1 is 1.35 bits per heavy atom. The molecule has 0 bridgehead atoms. The van der Waals surface area contributed by atoms with E-state index < -0.39 is 18.0 Å². The molecule has 2 heterocycles. The number of imidazole rings is 1. The van der Waals surface area contributed by atoms with Gasteiger partial charge < -0.3 is 10.1 Å². The molecule has 3 aromatic rings. The number of benzene rings is 1. The molecule has 0 aliphatic heterocycles. The average molecular weight is 350 g/mol. The number of hydrogen-bond donors (Lipinski definition) is 1. The number of carbonyl (C=O) groups excluding carboxylic acids is 2. The Morgan fingerprint density at radius 2 is 2.09 bits per heavy atom. The molecule has 23 heavy (non-hydrogen) atoms. The standard InChI is InChI=1S/C15H12ClN3O3S/c1-9(13(20)17-10-5-3-2-4-6-10)22-14(21)11-12(16)18-15-19(11)7-8-23-15/h2-9H,1H3,(H,17,20). The lowest BCUT2D eigenvalue weighted by atomic mass is 10.3. The van der Waals surface area contributed by atoms with E-state index in [4.69, 9.17) is 16.3 Å². The predicted molar refractivity (Wildman–Crippen MR) is 88.0 cm³/mol. The normalized spacial score (nSPS) is 12.1. The van der Waals surface area contributed by atoms with Crippen LogP contribution in [-0.4, -0.2) is 27.4 Å². The minimum Gasteiger partial charge on any atom is -0.448 e. The average Bonchev–Trinajstić information content (AvgIpc) is 3.07. The molecular formula is C15H12ClN3O3S. The Kier molecular flexibility index (Phi) is 4.31. The first-order valence-electron chi connectivity index (χ1n) is 6.74. The fourth-order valence-corrected chi connectivity index (χ4v) is 2.99. The molecule has 0 aliphatic rings. The van der Waals surface area contributed by atoms with Crippen molar-refractivity contribution in [3.8, 4) is 0 Å². The van der Waals surface area contributed by atoms with Gasteiger partial charge >= 0.3 is 5.97 Å². The van der Waals surface area contributed by atoms with Crippen LogP contribution in [0.4, 0.5) is 5.69 Å². The summed E-state index contributed by atoms with van der Waals surface area (Å²) in [7, 11) is 0. The maximum Gasteiger partial charge on any atom is 0.359 e. The quantitative estimate of drug-likeness (QED) is 0.734. The summed E-state index contributed by atoms with van der Waals surface area (Å²) in [5, 5.41) is 4.50. The molecule has 1 aromatic carbocycles. The maximum atomic E-state index is 12.3. The maximum absolute atomic E-state index is 12.3. The predicted octanol–water partition coefficient (Wildman–Crippen LogP) is 3.23. The van der Waals surface area contributed by atoms with E-state index in [1.165, 1.54) is 22.7 Å². The minimum absolute atomic E-state index is 0.0533. The van der Waals surface area contributed by atoms with Crippen LogP contribution < -0.4 is 5.32 Å². The monoisotopic (exact) mass is 349 g/mol. The highest BCUT2D eigenvalue weighted by Gasteiger charge is 2.24. The van der Waals surface area contributed by atoms with E-state index in [0.717, 1.165) is 0 Å². The summed E-state index contributed by atoms with van der Waals surface area (Å²) < 4.78 is 6.73. The summed E-state index contributed by atoms with van der Waals surface area (Å²) in [6.07, 6.45) is 0.701. The van der Waals surface area contributed by atoms with Gasteiger partial charge in [0.25, 0.3) is 5.91 Å². The third-order valence-electron chi connectivity index (χ3n) is 3.11. The van der Waals surface area contributed by atoms with Gasteiger partial charge in [-0.25, -0.2) is 9.78 Å². The number of esters is 1. The van der Waals surface area contributed by atoms with Crippen LogP contribution in [0.3, 0.4) is 0 Å². The number of nitrogens with one attached hydrogen (secondary N) is 1. The molecule has 1 amide bonds. The summed E-state index contributed by atoms with van der Waals surface area (Å²) in [4.78, 5) is 29.0. The Morgan fingerprint density at radius 3 is 2.83 bits per heavy atom. The van der Waals surface area contributed by atoms with E-state index in [-0.39, 0.29) is 10.8 Å². The second-order valence-corrected chi connectivity index (χ2v) is 5.94. The highest BCUT2D eigenvalue weighted by atomic mass is 35.5. The topological polar surface area (TPSA) is 72.7 Å². The third-order valence-corrected chi connectivity index (χ3v) is 4.13. The van der Waals surface area contributed by atoms with Crippen LogP contribution in [0.1, 0.15) is 17.4 Å². The van der Waals surface area contributed by atoms with E-state index in [2.05, 4.69) is 10.3 Å². The van der Waals surface area contributed by atoms with Crippen LogP contribution >= 0.6 is 22.9 Å². The van der Waals surface area contributed by atoms with Crippen molar-refractivity contribution in [3.63, 3.8) is 0 Å². The molecule has 1 unspecified atom stereocenters. The lowest BCUT2D eigenvalue weighted by Crippen LogP contribution is -2.30. The van der Waals surface area contributed by atoms with Gasteiger partial charge in [0.15, 0.2) is 21.9 Å². The van der Waals surface area contributed by atoms with Crippen molar-refractivity contribution >= 4 is 45.5 Å². The third kappa shape index (κ3) is 3.20. The van der Waals surface area contributed by atoms with Crippen LogP contribution in [0, 0.1) is 0 Å². The first-order valence-corrected chi connectivity index (χ1v) is 8.00. The zero-order chi connectivity index (χ0) is 16.4. The molecule has 0 radical (unpaired) electrons. The number of para-hydroxylation sites is 1. The number of nitrogens with zero attached hydrogens (tertiary/aromatic N) is 2. The Balaban J connectivity index is 1.71. The lowest BCUT2D eigenvalue weighted by molar-refractivity contribution is -0.123. The van der Waals surface area contributed by atoms with Gasteiger partial charge in [0.1, 0.15) is 0 Å². The van der Waals surface area contributed by atoms with Crippen molar-refractivity contribution < 1.29 is 14.3 Å². The number of aromatic nitrogens is 2. The zero-order valence-electron chi connectivity index (χ0n) is 12.0. The molecule has 0 aliphatic carbocycles. The van der Waals surface area contributed by atoms with Gasteiger partial charge in [0.2, 0.25) is 0 Å². The molecule has 0 saturated carbocycles. The Labute approximate surface area is 140 Å². The number of thiazole rings is 1. The lowest BCUT2D eigenvalue weighted by Gasteiger charge is -2.13. The molecule has 0 spiro atoms. The molecule has 3 rings (SSSR count). The molecule has 6 nitrogen and oxygen atoms in total. The number of fused-ring (bicyclic) bond motifs is 1. The molecule has 2 aromatic heterocycles. The Bertz CT molecular complexity index is 859. The van der Waals surface area contributed by atoms with Crippen molar-refractivity contribution in [2.45, 2.75) is 13.0 Å².